The number of aliphatic hydroxyl groups is 5. The van der Waals surface area contributed by atoms with Crippen LogP contribution in [0.5, 0.6) is 0 Å². The Kier molecular flexibility index (Phi) is 70.9. The van der Waals surface area contributed by atoms with E-state index in [2.05, 4.69) is 43.5 Å². The highest BCUT2D eigenvalue weighted by Crippen LogP contribution is 2.24. The Morgan fingerprint density at radius 3 is 1.05 bits per heavy atom. The lowest BCUT2D eigenvalue weighted by molar-refractivity contribution is -0.302. The van der Waals surface area contributed by atoms with E-state index in [1.165, 1.54) is 347 Å². The van der Waals surface area contributed by atoms with Crippen molar-refractivity contribution in [2.75, 3.05) is 19.8 Å². The Labute approximate surface area is 594 Å². The minimum atomic E-state index is -1.57. The molecule has 7 atom stereocenters. The molecule has 0 radical (unpaired) electrons. The molecule has 0 bridgehead atoms. The maximum Gasteiger partial charge on any atom is 0.305 e. The normalized spacial score (nSPS) is 17.4. The van der Waals surface area contributed by atoms with Crippen LogP contribution in [-0.2, 0) is 23.8 Å². The zero-order valence-corrected chi connectivity index (χ0v) is 63.4. The average Bonchev–Trinajstić information content (AvgIpc) is 0.855. The van der Waals surface area contributed by atoms with Crippen molar-refractivity contribution in [3.8, 4) is 0 Å². The number of esters is 1. The van der Waals surface area contributed by atoms with Gasteiger partial charge in [0.1, 0.15) is 24.4 Å². The van der Waals surface area contributed by atoms with E-state index in [9.17, 15) is 35.1 Å². The number of ether oxygens (including phenoxy) is 3. The summed E-state index contributed by atoms with van der Waals surface area (Å²) in [6, 6.07) is -0.807. The zero-order chi connectivity index (χ0) is 69.4. The van der Waals surface area contributed by atoms with Crippen molar-refractivity contribution in [3.05, 3.63) is 36.5 Å². The molecule has 1 fully saturated rings. The Morgan fingerprint density at radius 2 is 0.698 bits per heavy atom. The quantitative estimate of drug-likeness (QED) is 0.0195. The van der Waals surface area contributed by atoms with E-state index in [-0.39, 0.29) is 18.5 Å². The number of hydrogen-bond donors (Lipinski definition) is 6. The standard InChI is InChI=1S/C85H161NO10/c1-3-5-7-9-11-13-15-16-17-18-43-46-49-53-57-61-65-69-73-81(90)94-74-70-66-62-58-54-50-47-44-41-39-37-35-33-31-29-27-25-23-21-19-20-22-24-26-28-30-32-34-36-38-40-42-45-48-52-56-60-64-68-72-80(89)86-77(76-95-85-84(93)83(92)82(91)79(75-87)96-85)78(88)71-67-63-59-55-51-14-12-10-8-6-4-2/h19-20,23,25,67,71,77-79,82-85,87-88,91-93H,3-18,21-22,24,26-66,68-70,72-76H2,1-2H3,(H,86,89)/b20-19-,25-23-,71-67+. The van der Waals surface area contributed by atoms with Gasteiger partial charge < -0.3 is 45.1 Å². The number of carbonyl (C=O) groups is 2. The molecule has 1 saturated heterocycles. The molecule has 6 N–H and O–H groups in total. The third kappa shape index (κ3) is 61.7. The second kappa shape index (κ2) is 74.1. The molecule has 1 rings (SSSR count). The predicted molar refractivity (Wildman–Crippen MR) is 407 cm³/mol. The molecular weight excluding hydrogens is 1190 g/mol. The van der Waals surface area contributed by atoms with Crippen molar-refractivity contribution in [2.24, 2.45) is 0 Å². The van der Waals surface area contributed by atoms with Crippen LogP contribution in [0.15, 0.2) is 36.5 Å². The van der Waals surface area contributed by atoms with Crippen LogP contribution in [0.2, 0.25) is 0 Å². The number of aliphatic hydroxyl groups excluding tert-OH is 5. The lowest BCUT2D eigenvalue weighted by Crippen LogP contribution is -2.60. The van der Waals surface area contributed by atoms with Crippen LogP contribution < -0.4 is 5.32 Å². The van der Waals surface area contributed by atoms with E-state index < -0.39 is 49.5 Å². The van der Waals surface area contributed by atoms with Crippen LogP contribution in [0.1, 0.15) is 431 Å². The van der Waals surface area contributed by atoms with Gasteiger partial charge in [-0.25, -0.2) is 0 Å². The molecule has 566 valence electrons. The number of rotatable bonds is 76. The number of carbonyl (C=O) groups excluding carboxylic acids is 2. The van der Waals surface area contributed by atoms with Gasteiger partial charge in [0, 0.05) is 12.8 Å². The van der Waals surface area contributed by atoms with Crippen LogP contribution >= 0.6 is 0 Å². The zero-order valence-electron chi connectivity index (χ0n) is 63.4. The molecule has 1 amide bonds. The maximum absolute atomic E-state index is 13.1. The van der Waals surface area contributed by atoms with E-state index in [0.717, 1.165) is 57.8 Å². The van der Waals surface area contributed by atoms with Crippen molar-refractivity contribution in [2.45, 2.75) is 474 Å². The van der Waals surface area contributed by atoms with Crippen molar-refractivity contribution in [1.82, 2.24) is 5.32 Å². The summed E-state index contributed by atoms with van der Waals surface area (Å²) in [5, 5.41) is 54.5. The highest BCUT2D eigenvalue weighted by Gasteiger charge is 2.44. The molecule has 0 aliphatic carbocycles. The minimum absolute atomic E-state index is 0.0199. The molecule has 0 aromatic heterocycles. The predicted octanol–water partition coefficient (Wildman–Crippen LogP) is 23.3. The molecule has 11 nitrogen and oxygen atoms in total. The van der Waals surface area contributed by atoms with Gasteiger partial charge >= 0.3 is 5.97 Å². The first kappa shape index (κ1) is 91.9. The van der Waals surface area contributed by atoms with Crippen LogP contribution in [0.4, 0.5) is 0 Å². The smallest absolute Gasteiger partial charge is 0.305 e. The highest BCUT2D eigenvalue weighted by atomic mass is 16.7. The molecule has 1 aliphatic rings. The third-order valence-corrected chi connectivity index (χ3v) is 20.2. The summed E-state index contributed by atoms with van der Waals surface area (Å²) in [5.41, 5.74) is 0. The average molecular weight is 1360 g/mol. The Balaban J connectivity index is 1.86. The van der Waals surface area contributed by atoms with Crippen molar-refractivity contribution in [1.29, 1.82) is 0 Å². The first-order chi connectivity index (χ1) is 47.2. The first-order valence-corrected chi connectivity index (χ1v) is 42.3. The number of hydrogen-bond acceptors (Lipinski definition) is 10. The number of nitrogens with one attached hydrogen (secondary N) is 1. The molecule has 0 aromatic rings. The van der Waals surface area contributed by atoms with Crippen LogP contribution in [0, 0.1) is 0 Å². The molecular formula is C85H161NO10. The Hall–Kier alpha value is -2.12. The van der Waals surface area contributed by atoms with Gasteiger partial charge in [-0.2, -0.15) is 0 Å². The fraction of sp³-hybridized carbons (Fsp3) is 0.906. The monoisotopic (exact) mass is 1360 g/mol. The molecule has 1 aliphatic heterocycles. The number of amides is 1. The van der Waals surface area contributed by atoms with E-state index >= 15 is 0 Å². The second-order valence-corrected chi connectivity index (χ2v) is 29.5. The third-order valence-electron chi connectivity index (χ3n) is 20.2. The van der Waals surface area contributed by atoms with Crippen molar-refractivity contribution in [3.63, 3.8) is 0 Å². The Morgan fingerprint density at radius 1 is 0.385 bits per heavy atom. The van der Waals surface area contributed by atoms with Gasteiger partial charge in [0.15, 0.2) is 6.29 Å². The molecule has 0 spiro atoms. The molecule has 0 aromatic carbocycles. The molecule has 0 saturated carbocycles. The van der Waals surface area contributed by atoms with Gasteiger partial charge in [-0.1, -0.05) is 391 Å². The summed E-state index contributed by atoms with van der Waals surface area (Å²) in [4.78, 5) is 25.2. The van der Waals surface area contributed by atoms with Gasteiger partial charge in [0.2, 0.25) is 5.91 Å². The summed E-state index contributed by atoms with van der Waals surface area (Å²) in [6.45, 7) is 4.39. The summed E-state index contributed by atoms with van der Waals surface area (Å²) in [6.07, 6.45) is 87.8. The van der Waals surface area contributed by atoms with Crippen LogP contribution in [0.25, 0.3) is 0 Å². The highest BCUT2D eigenvalue weighted by molar-refractivity contribution is 5.76. The van der Waals surface area contributed by atoms with Crippen molar-refractivity contribution >= 4 is 11.9 Å². The van der Waals surface area contributed by atoms with Gasteiger partial charge in [-0.15, -0.1) is 0 Å². The summed E-state index contributed by atoms with van der Waals surface area (Å²) in [7, 11) is 0. The van der Waals surface area contributed by atoms with E-state index in [1.807, 2.05) is 6.08 Å². The first-order valence-electron chi connectivity index (χ1n) is 42.3. The van der Waals surface area contributed by atoms with Gasteiger partial charge in [0.05, 0.1) is 32.0 Å². The van der Waals surface area contributed by atoms with E-state index in [0.29, 0.717) is 19.4 Å². The van der Waals surface area contributed by atoms with Gasteiger partial charge in [-0.05, 0) is 64.2 Å². The maximum atomic E-state index is 13.1. The molecule has 7 unspecified atom stereocenters. The largest absolute Gasteiger partial charge is 0.466 e. The van der Waals surface area contributed by atoms with Crippen LogP contribution in [-0.4, -0.2) is 100 Å². The second-order valence-electron chi connectivity index (χ2n) is 29.5. The minimum Gasteiger partial charge on any atom is -0.466 e. The topological polar surface area (TPSA) is 175 Å². The summed E-state index contributed by atoms with van der Waals surface area (Å²) < 4.78 is 16.8. The molecule has 1 heterocycles. The Bertz CT molecular complexity index is 1690. The fourth-order valence-corrected chi connectivity index (χ4v) is 13.6. The van der Waals surface area contributed by atoms with Crippen molar-refractivity contribution < 1.29 is 49.3 Å². The number of unbranched alkanes of at least 4 members (excludes halogenated alkanes) is 58. The summed E-state index contributed by atoms with van der Waals surface area (Å²) >= 11 is 0. The summed E-state index contributed by atoms with van der Waals surface area (Å²) in [5.74, 6) is -0.157. The lowest BCUT2D eigenvalue weighted by Gasteiger charge is -2.40. The van der Waals surface area contributed by atoms with E-state index in [4.69, 9.17) is 14.2 Å². The van der Waals surface area contributed by atoms with E-state index in [1.54, 1.807) is 6.08 Å². The fourth-order valence-electron chi connectivity index (χ4n) is 13.6. The molecule has 11 heteroatoms. The SMILES string of the molecule is CCCCCCCCCCC/C=C/C(O)C(COC1OC(CO)C(O)C(O)C1O)NC(=O)CCCCCCCCCCCCCCCCCCC/C=C\C/C=C\CCCCCCCCCCCCCCCCCOC(=O)CCCCCCCCCCCCCCCCCCCC. The number of allylic oxidation sites excluding steroid dienone is 5. The lowest BCUT2D eigenvalue weighted by atomic mass is 9.99. The van der Waals surface area contributed by atoms with Crippen LogP contribution in [0.3, 0.4) is 0 Å². The molecule has 96 heavy (non-hydrogen) atoms. The van der Waals surface area contributed by atoms with Gasteiger partial charge in [0.25, 0.3) is 0 Å². The van der Waals surface area contributed by atoms with Gasteiger partial charge in [-0.3, -0.25) is 9.59 Å².